The van der Waals surface area contributed by atoms with Crippen LogP contribution >= 0.6 is 11.6 Å². The summed E-state index contributed by atoms with van der Waals surface area (Å²) < 4.78 is 26.8. The van der Waals surface area contributed by atoms with Crippen LogP contribution in [0.3, 0.4) is 0 Å². The number of amides is 1. The van der Waals surface area contributed by atoms with Crippen molar-refractivity contribution in [2.45, 2.75) is 6.54 Å². The molecule has 0 aliphatic heterocycles. The Morgan fingerprint density at radius 3 is 2.58 bits per heavy atom. The SMILES string of the molecule is O=C(Nc1ccc(F)c(Cl)c1)c1cc(NCc2ccccc2F)ccn1. The molecule has 3 aromatic rings. The van der Waals surface area contributed by atoms with Crippen molar-refractivity contribution in [3.8, 4) is 0 Å². The van der Waals surface area contributed by atoms with Gasteiger partial charge in [-0.25, -0.2) is 8.78 Å². The molecule has 7 heteroatoms. The minimum absolute atomic E-state index is 0.0870. The van der Waals surface area contributed by atoms with Crippen LogP contribution < -0.4 is 10.6 Å². The van der Waals surface area contributed by atoms with Gasteiger partial charge in [-0.05, 0) is 36.4 Å². The van der Waals surface area contributed by atoms with Crippen LogP contribution in [0, 0.1) is 11.6 Å². The number of pyridine rings is 1. The predicted molar refractivity (Wildman–Crippen MR) is 97.3 cm³/mol. The number of nitrogens with one attached hydrogen (secondary N) is 2. The second kappa shape index (κ2) is 7.93. The van der Waals surface area contributed by atoms with Gasteiger partial charge in [-0.3, -0.25) is 9.78 Å². The Kier molecular flexibility index (Phi) is 5.43. The molecule has 0 spiro atoms. The number of benzene rings is 2. The van der Waals surface area contributed by atoms with Gasteiger partial charge >= 0.3 is 0 Å². The maximum atomic E-state index is 13.6. The number of nitrogens with zero attached hydrogens (tertiary/aromatic N) is 1. The Morgan fingerprint density at radius 2 is 1.81 bits per heavy atom. The largest absolute Gasteiger partial charge is 0.381 e. The molecule has 0 atom stereocenters. The molecule has 0 radical (unpaired) electrons. The highest BCUT2D eigenvalue weighted by molar-refractivity contribution is 6.31. The van der Waals surface area contributed by atoms with Gasteiger partial charge < -0.3 is 10.6 Å². The van der Waals surface area contributed by atoms with Crippen LogP contribution in [0.5, 0.6) is 0 Å². The molecule has 0 fully saturated rings. The highest BCUT2D eigenvalue weighted by Crippen LogP contribution is 2.20. The normalized spacial score (nSPS) is 10.4. The second-order valence-corrected chi connectivity index (χ2v) is 5.86. The van der Waals surface area contributed by atoms with E-state index in [2.05, 4.69) is 15.6 Å². The maximum Gasteiger partial charge on any atom is 0.274 e. The zero-order valence-corrected chi connectivity index (χ0v) is 14.2. The summed E-state index contributed by atoms with van der Waals surface area (Å²) in [6, 6.07) is 13.5. The summed E-state index contributed by atoms with van der Waals surface area (Å²) in [6.07, 6.45) is 1.47. The van der Waals surface area contributed by atoms with Gasteiger partial charge in [0.25, 0.3) is 5.91 Å². The van der Waals surface area contributed by atoms with Crippen LogP contribution in [0.4, 0.5) is 20.2 Å². The lowest BCUT2D eigenvalue weighted by atomic mass is 10.2. The number of hydrogen-bond acceptors (Lipinski definition) is 3. The first-order valence-electron chi connectivity index (χ1n) is 7.72. The maximum absolute atomic E-state index is 13.6. The molecule has 132 valence electrons. The molecule has 2 N–H and O–H groups in total. The van der Waals surface area contributed by atoms with E-state index >= 15 is 0 Å². The molecule has 0 unspecified atom stereocenters. The zero-order chi connectivity index (χ0) is 18.5. The topological polar surface area (TPSA) is 54.0 Å². The van der Waals surface area contributed by atoms with Crippen molar-refractivity contribution in [3.63, 3.8) is 0 Å². The summed E-state index contributed by atoms with van der Waals surface area (Å²) in [5.74, 6) is -1.34. The Labute approximate surface area is 153 Å². The van der Waals surface area contributed by atoms with E-state index in [1.54, 1.807) is 30.3 Å². The van der Waals surface area contributed by atoms with Crippen LogP contribution in [0.25, 0.3) is 0 Å². The smallest absolute Gasteiger partial charge is 0.274 e. The minimum Gasteiger partial charge on any atom is -0.381 e. The minimum atomic E-state index is -0.567. The molecule has 1 heterocycles. The fourth-order valence-corrected chi connectivity index (χ4v) is 2.45. The summed E-state index contributed by atoms with van der Waals surface area (Å²) in [7, 11) is 0. The molecule has 2 aromatic carbocycles. The number of rotatable bonds is 5. The first kappa shape index (κ1) is 17.8. The third-order valence-electron chi connectivity index (χ3n) is 3.61. The molecular weight excluding hydrogens is 360 g/mol. The number of carbonyl (C=O) groups excluding carboxylic acids is 1. The standard InChI is InChI=1S/C19H14ClF2N3O/c20-15-9-14(5-6-17(15)22)25-19(26)18-10-13(7-8-23-18)24-11-12-3-1-2-4-16(12)21/h1-10H,11H2,(H,23,24)(H,25,26). The molecular formula is C19H14ClF2N3O. The van der Waals surface area contributed by atoms with Crippen molar-refractivity contribution < 1.29 is 13.6 Å². The molecule has 0 aliphatic rings. The molecule has 1 amide bonds. The second-order valence-electron chi connectivity index (χ2n) is 5.46. The molecule has 1 aromatic heterocycles. The fourth-order valence-electron chi connectivity index (χ4n) is 2.27. The first-order chi connectivity index (χ1) is 12.5. The summed E-state index contributed by atoms with van der Waals surface area (Å²) in [6.45, 7) is 0.269. The lowest BCUT2D eigenvalue weighted by Crippen LogP contribution is -2.14. The van der Waals surface area contributed by atoms with E-state index < -0.39 is 11.7 Å². The molecule has 0 aliphatic carbocycles. The molecule has 4 nitrogen and oxygen atoms in total. The monoisotopic (exact) mass is 373 g/mol. The molecule has 26 heavy (non-hydrogen) atoms. The van der Waals surface area contributed by atoms with E-state index in [9.17, 15) is 13.6 Å². The average Bonchev–Trinajstić information content (AvgIpc) is 2.64. The van der Waals surface area contributed by atoms with E-state index in [-0.39, 0.29) is 23.1 Å². The van der Waals surface area contributed by atoms with Crippen molar-refractivity contribution >= 4 is 28.9 Å². The zero-order valence-electron chi connectivity index (χ0n) is 13.5. The Bertz CT molecular complexity index is 950. The number of halogens is 3. The lowest BCUT2D eigenvalue weighted by Gasteiger charge is -2.09. The van der Waals surface area contributed by atoms with Crippen LogP contribution in [-0.4, -0.2) is 10.9 Å². The third kappa shape index (κ3) is 4.34. The van der Waals surface area contributed by atoms with Gasteiger partial charge in [0, 0.05) is 29.7 Å². The summed E-state index contributed by atoms with van der Waals surface area (Å²) in [4.78, 5) is 16.3. The number of hydrogen-bond donors (Lipinski definition) is 2. The Hall–Kier alpha value is -2.99. The van der Waals surface area contributed by atoms with E-state index in [1.807, 2.05) is 0 Å². The van der Waals surface area contributed by atoms with Crippen molar-refractivity contribution in [2.24, 2.45) is 0 Å². The van der Waals surface area contributed by atoms with Crippen LogP contribution in [0.2, 0.25) is 5.02 Å². The van der Waals surface area contributed by atoms with Gasteiger partial charge in [-0.2, -0.15) is 0 Å². The third-order valence-corrected chi connectivity index (χ3v) is 3.90. The summed E-state index contributed by atoms with van der Waals surface area (Å²) in [5.41, 5.74) is 1.64. The first-order valence-corrected chi connectivity index (χ1v) is 8.10. The molecule has 0 bridgehead atoms. The highest BCUT2D eigenvalue weighted by atomic mass is 35.5. The van der Waals surface area contributed by atoms with Crippen LogP contribution in [0.15, 0.2) is 60.8 Å². The average molecular weight is 374 g/mol. The van der Waals surface area contributed by atoms with Crippen LogP contribution in [-0.2, 0) is 6.54 Å². The Morgan fingerprint density at radius 1 is 1.00 bits per heavy atom. The van der Waals surface area contributed by atoms with Crippen molar-refractivity contribution in [1.82, 2.24) is 4.98 Å². The van der Waals surface area contributed by atoms with Gasteiger partial charge in [-0.1, -0.05) is 29.8 Å². The van der Waals surface area contributed by atoms with Gasteiger partial charge in [0.05, 0.1) is 5.02 Å². The van der Waals surface area contributed by atoms with Crippen molar-refractivity contribution in [2.75, 3.05) is 10.6 Å². The number of aromatic nitrogens is 1. The van der Waals surface area contributed by atoms with E-state index in [1.165, 1.54) is 24.4 Å². The van der Waals surface area contributed by atoms with E-state index in [0.717, 1.165) is 6.07 Å². The fraction of sp³-hybridized carbons (Fsp3) is 0.0526. The van der Waals surface area contributed by atoms with Crippen molar-refractivity contribution in [3.05, 3.63) is 88.7 Å². The predicted octanol–water partition coefficient (Wildman–Crippen LogP) is 4.88. The van der Waals surface area contributed by atoms with E-state index in [0.29, 0.717) is 16.9 Å². The number of carbonyl (C=O) groups is 1. The van der Waals surface area contributed by atoms with Gasteiger partial charge in [0.15, 0.2) is 0 Å². The molecule has 0 saturated carbocycles. The highest BCUT2D eigenvalue weighted by Gasteiger charge is 2.10. The quantitative estimate of drug-likeness (QED) is 0.670. The number of anilines is 2. The lowest BCUT2D eigenvalue weighted by molar-refractivity contribution is 0.102. The molecule has 3 rings (SSSR count). The summed E-state index contributed by atoms with van der Waals surface area (Å²) in [5, 5.41) is 5.56. The van der Waals surface area contributed by atoms with Crippen LogP contribution in [0.1, 0.15) is 16.1 Å². The summed E-state index contributed by atoms with van der Waals surface area (Å²) >= 11 is 5.70. The molecule has 0 saturated heterocycles. The van der Waals surface area contributed by atoms with Gasteiger partial charge in [-0.15, -0.1) is 0 Å². The van der Waals surface area contributed by atoms with E-state index in [4.69, 9.17) is 11.6 Å². The van der Waals surface area contributed by atoms with Crippen molar-refractivity contribution in [1.29, 1.82) is 0 Å². The Balaban J connectivity index is 1.69. The van der Waals surface area contributed by atoms with Gasteiger partial charge in [0.1, 0.15) is 17.3 Å². The van der Waals surface area contributed by atoms with Gasteiger partial charge in [0.2, 0.25) is 0 Å².